The third-order valence-corrected chi connectivity index (χ3v) is 5.16. The van der Waals surface area contributed by atoms with Crippen LogP contribution in [-0.4, -0.2) is 56.0 Å². The Bertz CT molecular complexity index is 548. The molecule has 130 valence electrons. The van der Waals surface area contributed by atoms with Crippen molar-refractivity contribution < 1.29 is 9.53 Å². The second-order valence-electron chi connectivity index (χ2n) is 5.91. The smallest absolute Gasteiger partial charge is 0.221 e. The van der Waals surface area contributed by atoms with E-state index in [1.54, 1.807) is 31.0 Å². The van der Waals surface area contributed by atoms with Crippen LogP contribution in [-0.2, 0) is 9.53 Å². The molecule has 1 amide bonds. The minimum Gasteiger partial charge on any atom is -0.383 e. The van der Waals surface area contributed by atoms with E-state index in [9.17, 15) is 4.79 Å². The van der Waals surface area contributed by atoms with Gasteiger partial charge in [0, 0.05) is 49.9 Å². The highest BCUT2D eigenvalue weighted by atomic mass is 32.2. The molecule has 1 N–H and O–H groups in total. The van der Waals surface area contributed by atoms with E-state index in [1.807, 2.05) is 12.1 Å². The molecule has 0 radical (unpaired) electrons. The highest BCUT2D eigenvalue weighted by Crippen LogP contribution is 2.19. The SMILES string of the molecule is COCCN1CCC(NC(=O)CCSc2ccc(C#N)cc2)CC1. The van der Waals surface area contributed by atoms with E-state index in [1.165, 1.54) is 0 Å². The summed E-state index contributed by atoms with van der Waals surface area (Å²) < 4.78 is 5.10. The number of nitrogens with zero attached hydrogens (tertiary/aromatic N) is 2. The molecular formula is C18H25N3O2S. The van der Waals surface area contributed by atoms with Crippen molar-refractivity contribution in [3.05, 3.63) is 29.8 Å². The second kappa shape index (κ2) is 10.3. The zero-order chi connectivity index (χ0) is 17.2. The van der Waals surface area contributed by atoms with Gasteiger partial charge in [-0.2, -0.15) is 5.26 Å². The first-order chi connectivity index (χ1) is 11.7. The molecule has 0 atom stereocenters. The minimum atomic E-state index is 0.131. The number of rotatable bonds is 8. The van der Waals surface area contributed by atoms with Gasteiger partial charge in [-0.15, -0.1) is 11.8 Å². The number of hydrogen-bond acceptors (Lipinski definition) is 5. The molecule has 0 unspecified atom stereocenters. The molecule has 0 bridgehead atoms. The predicted molar refractivity (Wildman–Crippen MR) is 96.0 cm³/mol. The van der Waals surface area contributed by atoms with Gasteiger partial charge in [-0.25, -0.2) is 0 Å². The van der Waals surface area contributed by atoms with E-state index in [-0.39, 0.29) is 5.91 Å². The third kappa shape index (κ3) is 6.52. The summed E-state index contributed by atoms with van der Waals surface area (Å²) in [6, 6.07) is 9.87. The van der Waals surface area contributed by atoms with Crippen LogP contribution < -0.4 is 5.32 Å². The van der Waals surface area contributed by atoms with Crippen molar-refractivity contribution >= 4 is 17.7 Å². The Labute approximate surface area is 148 Å². The van der Waals surface area contributed by atoms with Crippen LogP contribution in [0.3, 0.4) is 0 Å². The van der Waals surface area contributed by atoms with E-state index in [0.717, 1.165) is 49.7 Å². The largest absolute Gasteiger partial charge is 0.383 e. The van der Waals surface area contributed by atoms with E-state index < -0.39 is 0 Å². The zero-order valence-corrected chi connectivity index (χ0v) is 15.0. The lowest BCUT2D eigenvalue weighted by molar-refractivity contribution is -0.121. The molecule has 0 saturated carbocycles. The van der Waals surface area contributed by atoms with Crippen molar-refractivity contribution in [1.82, 2.24) is 10.2 Å². The Morgan fingerprint density at radius 1 is 1.38 bits per heavy atom. The number of hydrogen-bond donors (Lipinski definition) is 1. The van der Waals surface area contributed by atoms with Crippen molar-refractivity contribution in [1.29, 1.82) is 5.26 Å². The number of carbonyl (C=O) groups excluding carboxylic acids is 1. The monoisotopic (exact) mass is 347 g/mol. The van der Waals surface area contributed by atoms with E-state index in [2.05, 4.69) is 16.3 Å². The van der Waals surface area contributed by atoms with Crippen LogP contribution in [0.2, 0.25) is 0 Å². The molecule has 1 fully saturated rings. The summed E-state index contributed by atoms with van der Waals surface area (Å²) in [5.74, 6) is 0.885. The average molecular weight is 347 g/mol. The van der Waals surface area contributed by atoms with Crippen LogP contribution in [0, 0.1) is 11.3 Å². The summed E-state index contributed by atoms with van der Waals surface area (Å²) >= 11 is 1.65. The summed E-state index contributed by atoms with van der Waals surface area (Å²) in [6.07, 6.45) is 2.55. The number of ether oxygens (including phenoxy) is 1. The normalized spacial score (nSPS) is 15.8. The summed E-state index contributed by atoms with van der Waals surface area (Å²) in [4.78, 5) is 15.5. The van der Waals surface area contributed by atoms with Crippen LogP contribution in [0.15, 0.2) is 29.2 Å². The van der Waals surface area contributed by atoms with Crippen LogP contribution in [0.1, 0.15) is 24.8 Å². The number of piperidine rings is 1. The maximum Gasteiger partial charge on any atom is 0.221 e. The van der Waals surface area contributed by atoms with Gasteiger partial charge in [0.25, 0.3) is 0 Å². The number of carbonyl (C=O) groups is 1. The lowest BCUT2D eigenvalue weighted by Crippen LogP contribution is -2.45. The number of likely N-dealkylation sites (tertiary alicyclic amines) is 1. The molecule has 1 saturated heterocycles. The van der Waals surface area contributed by atoms with Gasteiger partial charge in [0.05, 0.1) is 18.2 Å². The molecule has 1 aromatic carbocycles. The van der Waals surface area contributed by atoms with Crippen molar-refractivity contribution in [3.63, 3.8) is 0 Å². The lowest BCUT2D eigenvalue weighted by atomic mass is 10.1. The Balaban J connectivity index is 1.60. The zero-order valence-electron chi connectivity index (χ0n) is 14.2. The van der Waals surface area contributed by atoms with Gasteiger partial charge < -0.3 is 15.0 Å². The van der Waals surface area contributed by atoms with Crippen molar-refractivity contribution in [2.45, 2.75) is 30.2 Å². The number of benzene rings is 1. The lowest BCUT2D eigenvalue weighted by Gasteiger charge is -2.32. The molecule has 5 nitrogen and oxygen atoms in total. The van der Waals surface area contributed by atoms with Gasteiger partial charge in [0.15, 0.2) is 0 Å². The van der Waals surface area contributed by atoms with Gasteiger partial charge >= 0.3 is 0 Å². The van der Waals surface area contributed by atoms with Crippen LogP contribution in [0.25, 0.3) is 0 Å². The molecular weight excluding hydrogens is 322 g/mol. The van der Waals surface area contributed by atoms with Crippen molar-refractivity contribution in [2.24, 2.45) is 0 Å². The topological polar surface area (TPSA) is 65.4 Å². The Kier molecular flexibility index (Phi) is 8.10. The van der Waals surface area contributed by atoms with E-state index >= 15 is 0 Å². The van der Waals surface area contributed by atoms with Gasteiger partial charge in [0.1, 0.15) is 0 Å². The number of amides is 1. The van der Waals surface area contributed by atoms with Gasteiger partial charge in [0.2, 0.25) is 5.91 Å². The number of thioether (sulfide) groups is 1. The Hall–Kier alpha value is -1.55. The molecule has 1 aliphatic heterocycles. The third-order valence-electron chi connectivity index (χ3n) is 4.15. The van der Waals surface area contributed by atoms with E-state index in [0.29, 0.717) is 18.0 Å². The molecule has 1 heterocycles. The highest BCUT2D eigenvalue weighted by molar-refractivity contribution is 7.99. The summed E-state index contributed by atoms with van der Waals surface area (Å²) in [7, 11) is 1.73. The average Bonchev–Trinajstić information content (AvgIpc) is 2.62. The molecule has 0 aliphatic carbocycles. The molecule has 1 aromatic rings. The van der Waals surface area contributed by atoms with Crippen molar-refractivity contribution in [3.8, 4) is 6.07 Å². The molecule has 0 spiro atoms. The standard InChI is InChI=1S/C18H25N3O2S/c1-23-12-11-21-9-6-16(7-10-21)20-18(22)8-13-24-17-4-2-15(14-19)3-5-17/h2-5,16H,6-13H2,1H3,(H,20,22). The first-order valence-electron chi connectivity index (χ1n) is 8.35. The maximum atomic E-state index is 12.1. The molecule has 24 heavy (non-hydrogen) atoms. The first-order valence-corrected chi connectivity index (χ1v) is 9.33. The molecule has 6 heteroatoms. The van der Waals surface area contributed by atoms with Gasteiger partial charge in [-0.05, 0) is 37.1 Å². The summed E-state index contributed by atoms with van der Waals surface area (Å²) in [5.41, 5.74) is 0.661. The number of nitrogens with one attached hydrogen (secondary N) is 1. The van der Waals surface area contributed by atoms with Gasteiger partial charge in [-0.3, -0.25) is 4.79 Å². The first kappa shape index (κ1) is 18.8. The summed E-state index contributed by atoms with van der Waals surface area (Å²) in [5, 5.41) is 11.9. The number of methoxy groups -OCH3 is 1. The fraction of sp³-hybridized carbons (Fsp3) is 0.556. The van der Waals surface area contributed by atoms with Crippen LogP contribution in [0.5, 0.6) is 0 Å². The van der Waals surface area contributed by atoms with Crippen LogP contribution in [0.4, 0.5) is 0 Å². The van der Waals surface area contributed by atoms with Gasteiger partial charge in [-0.1, -0.05) is 0 Å². The fourth-order valence-electron chi connectivity index (χ4n) is 2.71. The fourth-order valence-corrected chi connectivity index (χ4v) is 3.56. The Morgan fingerprint density at radius 2 is 2.08 bits per heavy atom. The second-order valence-corrected chi connectivity index (χ2v) is 7.08. The highest BCUT2D eigenvalue weighted by Gasteiger charge is 2.20. The number of nitriles is 1. The van der Waals surface area contributed by atoms with Crippen LogP contribution >= 0.6 is 11.8 Å². The predicted octanol–water partition coefficient (Wildman–Crippen LogP) is 2.27. The minimum absolute atomic E-state index is 0.131. The molecule has 1 aliphatic rings. The quantitative estimate of drug-likeness (QED) is 0.731. The van der Waals surface area contributed by atoms with Crippen molar-refractivity contribution in [2.75, 3.05) is 39.1 Å². The molecule has 0 aromatic heterocycles. The Morgan fingerprint density at radius 3 is 2.71 bits per heavy atom. The summed E-state index contributed by atoms with van der Waals surface area (Å²) in [6.45, 7) is 3.78. The van der Waals surface area contributed by atoms with E-state index in [4.69, 9.17) is 10.00 Å². The molecule has 2 rings (SSSR count). The maximum absolute atomic E-state index is 12.1.